The van der Waals surface area contributed by atoms with Crippen LogP contribution in [-0.4, -0.2) is 16.0 Å². The van der Waals surface area contributed by atoms with Gasteiger partial charge in [-0.2, -0.15) is 0 Å². The van der Waals surface area contributed by atoms with E-state index in [0.717, 1.165) is 22.2 Å². The zero-order valence-electron chi connectivity index (χ0n) is 8.09. The van der Waals surface area contributed by atoms with Crippen molar-refractivity contribution in [2.24, 2.45) is 0 Å². The molecule has 2 N–H and O–H groups in total. The molecule has 0 bridgehead atoms. The molecule has 0 amide bonds. The summed E-state index contributed by atoms with van der Waals surface area (Å²) in [6.45, 7) is 0. The molecule has 15 heavy (non-hydrogen) atoms. The third-order valence-electron chi connectivity index (χ3n) is 1.94. The van der Waals surface area contributed by atoms with Gasteiger partial charge >= 0.3 is 0 Å². The molecule has 5 heteroatoms. The van der Waals surface area contributed by atoms with Crippen molar-refractivity contribution in [3.05, 3.63) is 35.3 Å². The topological polar surface area (TPSA) is 51.8 Å². The van der Waals surface area contributed by atoms with E-state index in [1.165, 1.54) is 5.56 Å². The van der Waals surface area contributed by atoms with Gasteiger partial charge in [0.2, 0.25) is 0 Å². The Kier molecular flexibility index (Phi) is 3.58. The molecule has 0 saturated carbocycles. The van der Waals surface area contributed by atoms with E-state index < -0.39 is 0 Å². The number of nitrogen functional groups attached to an aromatic ring is 1. The summed E-state index contributed by atoms with van der Waals surface area (Å²) in [5.74, 6) is 1.03. The van der Waals surface area contributed by atoms with Gasteiger partial charge in [-0.25, -0.2) is 0 Å². The Balaban J connectivity index is 1.81. The number of hydrogen-bond acceptors (Lipinski definition) is 5. The van der Waals surface area contributed by atoms with Gasteiger partial charge in [0.05, 0.1) is 0 Å². The summed E-state index contributed by atoms with van der Waals surface area (Å²) in [5.41, 5.74) is 9.49. The molecular weight excluding hydrogens is 226 g/mol. The van der Waals surface area contributed by atoms with Crippen molar-refractivity contribution in [1.82, 2.24) is 10.2 Å². The van der Waals surface area contributed by atoms with Crippen molar-refractivity contribution < 1.29 is 0 Å². The third-order valence-corrected chi connectivity index (χ3v) is 3.80. The van der Waals surface area contributed by atoms with Crippen molar-refractivity contribution in [3.63, 3.8) is 0 Å². The number of aryl methyl sites for hydroxylation is 1. The first kappa shape index (κ1) is 10.4. The van der Waals surface area contributed by atoms with E-state index in [-0.39, 0.29) is 0 Å². The van der Waals surface area contributed by atoms with Gasteiger partial charge in [0, 0.05) is 11.4 Å². The van der Waals surface area contributed by atoms with Crippen LogP contribution in [0, 0.1) is 0 Å². The smallest absolute Gasteiger partial charge is 0.174 e. The first-order valence-electron chi connectivity index (χ1n) is 4.58. The summed E-state index contributed by atoms with van der Waals surface area (Å²) in [5, 5.41) is 7.76. The lowest BCUT2D eigenvalue weighted by molar-refractivity contribution is 1.01. The van der Waals surface area contributed by atoms with Crippen molar-refractivity contribution in [2.45, 2.75) is 10.8 Å². The summed E-state index contributed by atoms with van der Waals surface area (Å²) in [7, 11) is 0. The Morgan fingerprint density at radius 2 is 2.07 bits per heavy atom. The lowest BCUT2D eigenvalue weighted by atomic mass is 10.2. The predicted molar refractivity (Wildman–Crippen MR) is 65.2 cm³/mol. The van der Waals surface area contributed by atoms with Crippen molar-refractivity contribution in [2.75, 3.05) is 11.5 Å². The van der Waals surface area contributed by atoms with E-state index in [1.54, 1.807) is 28.6 Å². The lowest BCUT2D eigenvalue weighted by Gasteiger charge is -2.00. The molecule has 0 aliphatic heterocycles. The number of nitrogens with zero attached hydrogens (tertiary/aromatic N) is 2. The summed E-state index contributed by atoms with van der Waals surface area (Å²) in [6, 6.07) is 8.00. The second kappa shape index (κ2) is 5.14. The van der Waals surface area contributed by atoms with Gasteiger partial charge in [-0.1, -0.05) is 35.2 Å². The van der Waals surface area contributed by atoms with Crippen LogP contribution < -0.4 is 5.73 Å². The zero-order valence-corrected chi connectivity index (χ0v) is 9.72. The molecule has 0 radical (unpaired) electrons. The quantitative estimate of drug-likeness (QED) is 0.655. The Bertz CT molecular complexity index is 397. The molecule has 1 aromatic heterocycles. The Labute approximate surface area is 96.7 Å². The lowest BCUT2D eigenvalue weighted by Crippen LogP contribution is -1.90. The van der Waals surface area contributed by atoms with E-state index >= 15 is 0 Å². The van der Waals surface area contributed by atoms with Crippen LogP contribution in [0.5, 0.6) is 0 Å². The second-order valence-corrected chi connectivity index (χ2v) is 5.22. The minimum Gasteiger partial charge on any atom is -0.399 e. The highest BCUT2D eigenvalue weighted by Crippen LogP contribution is 2.20. The third kappa shape index (κ3) is 3.21. The van der Waals surface area contributed by atoms with Gasteiger partial charge in [-0.15, -0.1) is 10.2 Å². The molecule has 3 nitrogen and oxygen atoms in total. The minimum absolute atomic E-state index is 0.815. The molecule has 1 heterocycles. The van der Waals surface area contributed by atoms with Gasteiger partial charge in [0.25, 0.3) is 0 Å². The number of thioether (sulfide) groups is 1. The predicted octanol–water partition coefficient (Wildman–Crippen LogP) is 2.46. The van der Waals surface area contributed by atoms with E-state index in [4.69, 9.17) is 5.73 Å². The molecule has 0 aliphatic rings. The number of hydrogen-bond donors (Lipinski definition) is 1. The molecule has 0 unspecified atom stereocenters. The molecule has 0 saturated heterocycles. The van der Waals surface area contributed by atoms with Gasteiger partial charge in [0.15, 0.2) is 4.34 Å². The number of anilines is 1. The SMILES string of the molecule is Nc1ccc(CCSc2nncs2)cc1. The Morgan fingerprint density at radius 3 is 2.73 bits per heavy atom. The number of aromatic nitrogens is 2. The fourth-order valence-electron chi connectivity index (χ4n) is 1.17. The molecule has 0 spiro atoms. The summed E-state index contributed by atoms with van der Waals surface area (Å²) in [6.07, 6.45) is 1.03. The molecule has 1 aromatic carbocycles. The number of rotatable bonds is 4. The highest BCUT2D eigenvalue weighted by molar-refractivity contribution is 8.00. The Hall–Kier alpha value is -1.07. The normalized spacial score (nSPS) is 10.4. The van der Waals surface area contributed by atoms with Crippen LogP contribution in [-0.2, 0) is 6.42 Å². The average molecular weight is 237 g/mol. The molecule has 0 atom stereocenters. The summed E-state index contributed by atoms with van der Waals surface area (Å²) < 4.78 is 1.03. The van der Waals surface area contributed by atoms with Gasteiger partial charge in [-0.05, 0) is 24.1 Å². The van der Waals surface area contributed by atoms with Gasteiger partial charge < -0.3 is 5.73 Å². The van der Waals surface area contributed by atoms with Crippen molar-refractivity contribution in [1.29, 1.82) is 0 Å². The molecule has 2 rings (SSSR count). The largest absolute Gasteiger partial charge is 0.399 e. The van der Waals surface area contributed by atoms with Crippen LogP contribution in [0.4, 0.5) is 5.69 Å². The van der Waals surface area contributed by atoms with Crippen molar-refractivity contribution in [3.8, 4) is 0 Å². The van der Waals surface area contributed by atoms with E-state index in [9.17, 15) is 0 Å². The summed E-state index contributed by atoms with van der Waals surface area (Å²) in [4.78, 5) is 0. The van der Waals surface area contributed by atoms with Crippen LogP contribution in [0.25, 0.3) is 0 Å². The molecular formula is C10H11N3S2. The average Bonchev–Trinajstić information content (AvgIpc) is 2.74. The molecule has 78 valence electrons. The molecule has 0 aliphatic carbocycles. The van der Waals surface area contributed by atoms with E-state index in [1.807, 2.05) is 12.1 Å². The fourth-order valence-corrected chi connectivity index (χ4v) is 2.71. The molecule has 2 aromatic rings. The van der Waals surface area contributed by atoms with E-state index in [2.05, 4.69) is 22.3 Å². The number of benzene rings is 1. The molecule has 0 fully saturated rings. The van der Waals surface area contributed by atoms with Crippen LogP contribution in [0.15, 0.2) is 34.1 Å². The first-order valence-corrected chi connectivity index (χ1v) is 6.44. The zero-order chi connectivity index (χ0) is 10.5. The maximum absolute atomic E-state index is 5.61. The van der Waals surface area contributed by atoms with Crippen LogP contribution in [0.3, 0.4) is 0 Å². The standard InChI is InChI=1S/C10H11N3S2/c11-9-3-1-8(2-4-9)5-6-14-10-13-12-7-15-10/h1-4,7H,5-6,11H2. The monoisotopic (exact) mass is 237 g/mol. The number of nitrogens with two attached hydrogens (primary N) is 1. The van der Waals surface area contributed by atoms with Crippen LogP contribution >= 0.6 is 23.1 Å². The van der Waals surface area contributed by atoms with Crippen LogP contribution in [0.1, 0.15) is 5.56 Å². The first-order chi connectivity index (χ1) is 7.34. The van der Waals surface area contributed by atoms with Crippen molar-refractivity contribution >= 4 is 28.8 Å². The highest BCUT2D eigenvalue weighted by Gasteiger charge is 1.98. The van der Waals surface area contributed by atoms with Crippen LogP contribution in [0.2, 0.25) is 0 Å². The van der Waals surface area contributed by atoms with Gasteiger partial charge in [-0.3, -0.25) is 0 Å². The fraction of sp³-hybridized carbons (Fsp3) is 0.200. The maximum Gasteiger partial charge on any atom is 0.174 e. The van der Waals surface area contributed by atoms with E-state index in [0.29, 0.717) is 0 Å². The highest BCUT2D eigenvalue weighted by atomic mass is 32.2. The Morgan fingerprint density at radius 1 is 1.27 bits per heavy atom. The summed E-state index contributed by atoms with van der Waals surface area (Å²) >= 11 is 3.32. The second-order valence-electron chi connectivity index (χ2n) is 3.04. The minimum atomic E-state index is 0.815. The maximum atomic E-state index is 5.61. The van der Waals surface area contributed by atoms with Gasteiger partial charge in [0.1, 0.15) is 5.51 Å².